The van der Waals surface area contributed by atoms with Gasteiger partial charge in [-0.2, -0.15) is 0 Å². The van der Waals surface area contributed by atoms with Gasteiger partial charge < -0.3 is 10.1 Å². The first-order valence-corrected chi connectivity index (χ1v) is 5.82. The van der Waals surface area contributed by atoms with Gasteiger partial charge in [0.2, 0.25) is 0 Å². The molecule has 0 aromatic heterocycles. The summed E-state index contributed by atoms with van der Waals surface area (Å²) < 4.78 is 5.21. The van der Waals surface area contributed by atoms with E-state index < -0.39 is 0 Å². The summed E-state index contributed by atoms with van der Waals surface area (Å²) in [4.78, 5) is 11.3. The minimum absolute atomic E-state index is 0.109. The molecule has 1 fully saturated rings. The van der Waals surface area contributed by atoms with E-state index in [4.69, 9.17) is 4.74 Å². The highest BCUT2D eigenvalue weighted by atomic mass is 16.6. The van der Waals surface area contributed by atoms with Crippen LogP contribution >= 0.6 is 0 Å². The second kappa shape index (κ2) is 4.97. The van der Waals surface area contributed by atoms with Crippen molar-refractivity contribution in [1.82, 2.24) is 5.32 Å². The number of rotatable bonds is 4. The van der Waals surface area contributed by atoms with Gasteiger partial charge in [-0.05, 0) is 39.5 Å². The Balaban J connectivity index is 2.02. The molecule has 3 heteroatoms. The zero-order chi connectivity index (χ0) is 11.5. The van der Waals surface area contributed by atoms with E-state index in [9.17, 15) is 4.79 Å². The zero-order valence-corrected chi connectivity index (χ0v) is 10.3. The lowest BCUT2D eigenvalue weighted by Gasteiger charge is -2.33. The van der Waals surface area contributed by atoms with Crippen LogP contribution in [0.2, 0.25) is 0 Å². The molecule has 0 bridgehead atoms. The lowest BCUT2D eigenvalue weighted by atomic mass is 9.82. The summed E-state index contributed by atoms with van der Waals surface area (Å²) in [6, 6.07) is 0.627. The second-order valence-electron chi connectivity index (χ2n) is 5.56. The van der Waals surface area contributed by atoms with Crippen LogP contribution in [0, 0.1) is 5.92 Å². The summed E-state index contributed by atoms with van der Waals surface area (Å²) in [5.74, 6) is 0.742. The number of carbonyl (C=O) groups excluding carboxylic acids is 1. The third kappa shape index (κ3) is 5.17. The molecule has 15 heavy (non-hydrogen) atoms. The quantitative estimate of drug-likeness (QED) is 0.727. The monoisotopic (exact) mass is 213 g/mol. The van der Waals surface area contributed by atoms with Crippen LogP contribution in [0.15, 0.2) is 0 Å². The third-order valence-corrected chi connectivity index (χ3v) is 2.56. The second-order valence-corrected chi connectivity index (χ2v) is 5.56. The molecule has 0 aromatic carbocycles. The number of esters is 1. The molecular formula is C12H23NO2. The van der Waals surface area contributed by atoms with Crippen LogP contribution in [0.25, 0.3) is 0 Å². The molecule has 1 aliphatic carbocycles. The van der Waals surface area contributed by atoms with Crippen molar-refractivity contribution >= 4 is 5.97 Å². The Morgan fingerprint density at radius 3 is 2.47 bits per heavy atom. The Morgan fingerprint density at radius 2 is 2.00 bits per heavy atom. The Morgan fingerprint density at radius 1 is 1.40 bits per heavy atom. The average molecular weight is 213 g/mol. The molecule has 0 unspecified atom stereocenters. The maximum atomic E-state index is 11.3. The first-order valence-electron chi connectivity index (χ1n) is 5.82. The summed E-state index contributed by atoms with van der Waals surface area (Å²) in [6.07, 6.45) is 2.96. The highest BCUT2D eigenvalue weighted by molar-refractivity contribution is 5.70. The van der Waals surface area contributed by atoms with Gasteiger partial charge in [0.15, 0.2) is 0 Å². The third-order valence-electron chi connectivity index (χ3n) is 2.56. The fourth-order valence-electron chi connectivity index (χ4n) is 1.84. The van der Waals surface area contributed by atoms with Crippen LogP contribution in [-0.2, 0) is 9.53 Å². The number of nitrogens with one attached hydrogen (secondary N) is 1. The van der Waals surface area contributed by atoms with Gasteiger partial charge in [-0.25, -0.2) is 0 Å². The van der Waals surface area contributed by atoms with Gasteiger partial charge in [0.1, 0.15) is 5.60 Å². The van der Waals surface area contributed by atoms with Gasteiger partial charge in [0, 0.05) is 12.6 Å². The predicted octanol–water partition coefficient (Wildman–Crippen LogP) is 2.11. The van der Waals surface area contributed by atoms with Crippen LogP contribution in [0.1, 0.15) is 47.0 Å². The number of carbonyl (C=O) groups is 1. The van der Waals surface area contributed by atoms with Crippen molar-refractivity contribution in [2.24, 2.45) is 5.92 Å². The fourth-order valence-corrected chi connectivity index (χ4v) is 1.84. The molecule has 0 radical (unpaired) electrons. The molecule has 1 aliphatic rings. The van der Waals surface area contributed by atoms with Crippen LogP contribution in [0.3, 0.4) is 0 Å². The Kier molecular flexibility index (Phi) is 4.14. The molecule has 3 nitrogen and oxygen atoms in total. The van der Waals surface area contributed by atoms with E-state index in [0.717, 1.165) is 12.5 Å². The van der Waals surface area contributed by atoms with Crippen LogP contribution in [0.4, 0.5) is 0 Å². The summed E-state index contributed by atoms with van der Waals surface area (Å²) >= 11 is 0. The van der Waals surface area contributed by atoms with Crippen LogP contribution < -0.4 is 5.32 Å². The van der Waals surface area contributed by atoms with E-state index in [-0.39, 0.29) is 11.6 Å². The average Bonchev–Trinajstić information content (AvgIpc) is 1.97. The highest BCUT2D eigenvalue weighted by Crippen LogP contribution is 2.25. The first kappa shape index (κ1) is 12.5. The highest BCUT2D eigenvalue weighted by Gasteiger charge is 2.24. The molecule has 1 saturated carbocycles. The first-order chi connectivity index (χ1) is 6.87. The van der Waals surface area contributed by atoms with Crippen LogP contribution in [0.5, 0.6) is 0 Å². The van der Waals surface area contributed by atoms with Crippen molar-refractivity contribution in [3.63, 3.8) is 0 Å². The van der Waals surface area contributed by atoms with Crippen LogP contribution in [-0.4, -0.2) is 24.2 Å². The minimum atomic E-state index is -0.359. The molecule has 1 N–H and O–H groups in total. The lowest BCUT2D eigenvalue weighted by molar-refractivity contribution is -0.154. The van der Waals surface area contributed by atoms with Crippen molar-refractivity contribution in [1.29, 1.82) is 0 Å². The van der Waals surface area contributed by atoms with Crippen molar-refractivity contribution in [3.8, 4) is 0 Å². The molecule has 0 heterocycles. The molecule has 0 aliphatic heterocycles. The Hall–Kier alpha value is -0.570. The SMILES string of the molecule is CC1CC(NCCC(=O)OC(C)(C)C)C1. The molecule has 0 spiro atoms. The lowest BCUT2D eigenvalue weighted by Crippen LogP contribution is -2.41. The Labute approximate surface area is 92.6 Å². The van der Waals surface area contributed by atoms with Gasteiger partial charge in [-0.15, -0.1) is 0 Å². The van der Waals surface area contributed by atoms with Gasteiger partial charge in [-0.1, -0.05) is 6.92 Å². The van der Waals surface area contributed by atoms with Gasteiger partial charge in [0.25, 0.3) is 0 Å². The van der Waals surface area contributed by atoms with E-state index in [1.54, 1.807) is 0 Å². The maximum Gasteiger partial charge on any atom is 0.307 e. The molecule has 88 valence electrons. The van der Waals surface area contributed by atoms with Gasteiger partial charge in [-0.3, -0.25) is 4.79 Å². The van der Waals surface area contributed by atoms with E-state index in [2.05, 4.69) is 12.2 Å². The standard InChI is InChI=1S/C12H23NO2/c1-9-7-10(8-9)13-6-5-11(14)15-12(2,3)4/h9-10,13H,5-8H2,1-4H3. The van der Waals surface area contributed by atoms with E-state index in [1.807, 2.05) is 20.8 Å². The smallest absolute Gasteiger partial charge is 0.307 e. The van der Waals surface area contributed by atoms with Gasteiger partial charge in [0.05, 0.1) is 6.42 Å². The molecule has 0 saturated heterocycles. The van der Waals surface area contributed by atoms with E-state index in [1.165, 1.54) is 12.8 Å². The largest absolute Gasteiger partial charge is 0.460 e. The van der Waals surface area contributed by atoms with E-state index >= 15 is 0 Å². The number of hydrogen-bond donors (Lipinski definition) is 1. The van der Waals surface area contributed by atoms with E-state index in [0.29, 0.717) is 12.5 Å². The molecule has 1 rings (SSSR count). The van der Waals surface area contributed by atoms with Crippen molar-refractivity contribution < 1.29 is 9.53 Å². The molecule has 0 amide bonds. The fraction of sp³-hybridized carbons (Fsp3) is 0.917. The normalized spacial score (nSPS) is 25.9. The predicted molar refractivity (Wildman–Crippen MR) is 60.7 cm³/mol. The van der Waals surface area contributed by atoms with Crippen molar-refractivity contribution in [2.75, 3.05) is 6.54 Å². The van der Waals surface area contributed by atoms with Crippen molar-refractivity contribution in [3.05, 3.63) is 0 Å². The van der Waals surface area contributed by atoms with Gasteiger partial charge >= 0.3 is 5.97 Å². The summed E-state index contributed by atoms with van der Waals surface area (Å²) in [5, 5.41) is 3.37. The maximum absolute atomic E-state index is 11.3. The molecule has 0 atom stereocenters. The van der Waals surface area contributed by atoms with Crippen molar-refractivity contribution in [2.45, 2.75) is 58.6 Å². The number of hydrogen-bond acceptors (Lipinski definition) is 3. The molecule has 0 aromatic rings. The molecular weight excluding hydrogens is 190 g/mol. The Bertz CT molecular complexity index is 214. The zero-order valence-electron chi connectivity index (χ0n) is 10.3. The summed E-state index contributed by atoms with van der Waals surface area (Å²) in [5.41, 5.74) is -0.359. The summed E-state index contributed by atoms with van der Waals surface area (Å²) in [7, 11) is 0. The number of ether oxygens (including phenoxy) is 1. The summed E-state index contributed by atoms with van der Waals surface area (Å²) in [6.45, 7) is 8.68. The topological polar surface area (TPSA) is 38.3 Å². The minimum Gasteiger partial charge on any atom is -0.460 e.